The molecule has 0 fully saturated rings. The fraction of sp³-hybridized carbons (Fsp3) is 0.700. The molecule has 0 radical (unpaired) electrons. The molecule has 0 aromatic carbocycles. The van der Waals surface area contributed by atoms with Gasteiger partial charge in [0.15, 0.2) is 5.16 Å². The van der Waals surface area contributed by atoms with Gasteiger partial charge in [0.05, 0.1) is 5.75 Å². The Morgan fingerprint density at radius 2 is 2.10 bits per heavy atom. The molecule has 20 heavy (non-hydrogen) atoms. The molecule has 0 aliphatic carbocycles. The number of hydrogen-bond donors (Lipinski definition) is 1. The van der Waals surface area contributed by atoms with Gasteiger partial charge in [-0.05, 0) is 18.2 Å². The topological polar surface area (TPSA) is 68.0 Å². The molecule has 0 aliphatic rings. The highest BCUT2D eigenvalue weighted by Gasteiger charge is 2.28. The van der Waals surface area contributed by atoms with Gasteiger partial charge in [-0.2, -0.15) is 13.2 Å². The van der Waals surface area contributed by atoms with Crippen LogP contribution in [0.3, 0.4) is 0 Å². The van der Waals surface area contributed by atoms with E-state index in [1.165, 1.54) is 0 Å². The fourth-order valence-corrected chi connectivity index (χ4v) is 2.65. The lowest BCUT2D eigenvalue weighted by Crippen LogP contribution is -2.11. The molecule has 1 aromatic heterocycles. The molecule has 1 rings (SSSR count). The van der Waals surface area contributed by atoms with E-state index in [-0.39, 0.29) is 29.8 Å². The van der Waals surface area contributed by atoms with Crippen molar-refractivity contribution in [2.24, 2.45) is 0 Å². The molecule has 0 amide bonds. The summed E-state index contributed by atoms with van der Waals surface area (Å²) in [7, 11) is 0. The SMILES string of the molecule is CCCc1nnc(SCC(=O)O)n1CCSC(F)(F)F. The van der Waals surface area contributed by atoms with Crippen LogP contribution in [0.15, 0.2) is 5.16 Å². The van der Waals surface area contributed by atoms with Gasteiger partial charge in [-0.1, -0.05) is 18.7 Å². The number of thioether (sulfide) groups is 2. The third-order valence-corrected chi connectivity index (χ3v) is 3.84. The summed E-state index contributed by atoms with van der Waals surface area (Å²) in [6.45, 7) is 2.03. The Morgan fingerprint density at radius 3 is 2.65 bits per heavy atom. The lowest BCUT2D eigenvalue weighted by molar-refractivity contribution is -0.133. The van der Waals surface area contributed by atoms with E-state index in [1.54, 1.807) is 4.57 Å². The Hall–Kier alpha value is -0.900. The van der Waals surface area contributed by atoms with Gasteiger partial charge in [0.2, 0.25) is 0 Å². The average molecular weight is 329 g/mol. The summed E-state index contributed by atoms with van der Waals surface area (Å²) in [5.41, 5.74) is -4.27. The second-order valence-electron chi connectivity index (χ2n) is 3.78. The molecule has 1 aromatic rings. The summed E-state index contributed by atoms with van der Waals surface area (Å²) in [6.07, 6.45) is 1.38. The van der Waals surface area contributed by atoms with Gasteiger partial charge in [-0.3, -0.25) is 4.79 Å². The summed E-state index contributed by atoms with van der Waals surface area (Å²) >= 11 is 0.849. The predicted octanol–water partition coefficient (Wildman–Crippen LogP) is 2.66. The van der Waals surface area contributed by atoms with E-state index < -0.39 is 11.5 Å². The van der Waals surface area contributed by atoms with Crippen molar-refractivity contribution in [2.75, 3.05) is 11.5 Å². The van der Waals surface area contributed by atoms with Crippen LogP contribution in [0.1, 0.15) is 19.2 Å². The second-order valence-corrected chi connectivity index (χ2v) is 5.88. The van der Waals surface area contributed by atoms with Crippen LogP contribution < -0.4 is 0 Å². The van der Waals surface area contributed by atoms with Crippen LogP contribution in [0.5, 0.6) is 0 Å². The van der Waals surface area contributed by atoms with E-state index in [9.17, 15) is 18.0 Å². The Balaban J connectivity index is 2.72. The highest BCUT2D eigenvalue weighted by molar-refractivity contribution is 8.00. The molecule has 0 unspecified atom stereocenters. The first-order valence-corrected chi connectivity index (χ1v) is 7.78. The molecule has 0 bridgehead atoms. The van der Waals surface area contributed by atoms with Crippen LogP contribution >= 0.6 is 23.5 Å². The third-order valence-electron chi connectivity index (χ3n) is 2.17. The van der Waals surface area contributed by atoms with Crippen LogP contribution in [0, 0.1) is 0 Å². The standard InChI is InChI=1S/C10H14F3N3O2S2/c1-2-3-7-14-15-9(19-6-8(17)18)16(7)4-5-20-10(11,12)13/h2-6H2,1H3,(H,17,18). The Morgan fingerprint density at radius 1 is 1.40 bits per heavy atom. The van der Waals surface area contributed by atoms with Crippen molar-refractivity contribution in [3.63, 3.8) is 0 Å². The number of halogens is 3. The molecular weight excluding hydrogens is 315 g/mol. The number of carboxylic acids is 1. The van der Waals surface area contributed by atoms with Crippen LogP contribution in [0.4, 0.5) is 13.2 Å². The zero-order chi connectivity index (χ0) is 15.2. The maximum Gasteiger partial charge on any atom is 0.441 e. The number of aromatic nitrogens is 3. The summed E-state index contributed by atoms with van der Waals surface area (Å²) < 4.78 is 37.9. The number of hydrogen-bond acceptors (Lipinski definition) is 5. The smallest absolute Gasteiger partial charge is 0.441 e. The Labute approximate surface area is 122 Å². The maximum atomic E-state index is 12.1. The number of carboxylic acid groups (broad SMARTS) is 1. The molecule has 114 valence electrons. The molecule has 5 nitrogen and oxygen atoms in total. The van der Waals surface area contributed by atoms with Crippen molar-refractivity contribution in [1.29, 1.82) is 0 Å². The lowest BCUT2D eigenvalue weighted by atomic mass is 10.3. The van der Waals surface area contributed by atoms with Crippen molar-refractivity contribution >= 4 is 29.5 Å². The normalized spacial score (nSPS) is 11.8. The van der Waals surface area contributed by atoms with Gasteiger partial charge in [-0.15, -0.1) is 10.2 Å². The largest absolute Gasteiger partial charge is 0.481 e. The molecule has 0 atom stereocenters. The molecule has 0 saturated heterocycles. The first-order valence-electron chi connectivity index (χ1n) is 5.81. The van der Waals surface area contributed by atoms with Crippen LogP contribution in [0.2, 0.25) is 0 Å². The summed E-state index contributed by atoms with van der Waals surface area (Å²) in [4.78, 5) is 10.5. The van der Waals surface area contributed by atoms with Crippen molar-refractivity contribution in [2.45, 2.75) is 37.0 Å². The number of rotatable bonds is 8. The minimum Gasteiger partial charge on any atom is -0.481 e. The number of aliphatic carboxylic acids is 1. The van der Waals surface area contributed by atoms with Crippen molar-refractivity contribution in [3.8, 4) is 0 Å². The first kappa shape index (κ1) is 17.2. The lowest BCUT2D eigenvalue weighted by Gasteiger charge is -2.10. The number of aryl methyl sites for hydroxylation is 1. The van der Waals surface area contributed by atoms with Crippen molar-refractivity contribution < 1.29 is 23.1 Å². The monoisotopic (exact) mass is 329 g/mol. The summed E-state index contributed by atoms with van der Waals surface area (Å²) in [5, 5.41) is 16.7. The maximum absolute atomic E-state index is 12.1. The zero-order valence-electron chi connectivity index (χ0n) is 10.7. The zero-order valence-corrected chi connectivity index (χ0v) is 12.3. The van der Waals surface area contributed by atoms with E-state index in [4.69, 9.17) is 5.11 Å². The van der Waals surface area contributed by atoms with E-state index in [1.807, 2.05) is 6.92 Å². The van der Waals surface area contributed by atoms with E-state index in [0.717, 1.165) is 18.2 Å². The van der Waals surface area contributed by atoms with Gasteiger partial charge >= 0.3 is 11.5 Å². The Bertz CT molecular complexity index is 451. The van der Waals surface area contributed by atoms with E-state index in [2.05, 4.69) is 10.2 Å². The third kappa shape index (κ3) is 6.04. The number of nitrogens with zero attached hydrogens (tertiary/aromatic N) is 3. The second kappa shape index (κ2) is 7.77. The molecule has 1 heterocycles. The van der Waals surface area contributed by atoms with E-state index in [0.29, 0.717) is 17.4 Å². The average Bonchev–Trinajstić information content (AvgIpc) is 2.68. The van der Waals surface area contributed by atoms with Crippen LogP contribution in [0.25, 0.3) is 0 Å². The van der Waals surface area contributed by atoms with Crippen molar-refractivity contribution in [3.05, 3.63) is 5.82 Å². The Kier molecular flexibility index (Phi) is 6.66. The van der Waals surface area contributed by atoms with Crippen LogP contribution in [-0.4, -0.2) is 42.9 Å². The van der Waals surface area contributed by atoms with Crippen molar-refractivity contribution in [1.82, 2.24) is 14.8 Å². The summed E-state index contributed by atoms with van der Waals surface area (Å²) in [6, 6.07) is 0. The highest BCUT2D eigenvalue weighted by atomic mass is 32.2. The number of carbonyl (C=O) groups is 1. The molecule has 0 aliphatic heterocycles. The predicted molar refractivity (Wildman–Crippen MR) is 70.9 cm³/mol. The number of alkyl halides is 3. The molecule has 1 N–H and O–H groups in total. The van der Waals surface area contributed by atoms with Gasteiger partial charge in [0.1, 0.15) is 5.82 Å². The minimum absolute atomic E-state index is 0.106. The first-order chi connectivity index (χ1) is 9.33. The molecular formula is C10H14F3N3O2S2. The van der Waals surface area contributed by atoms with Crippen LogP contribution in [-0.2, 0) is 17.8 Å². The minimum atomic E-state index is -4.27. The highest BCUT2D eigenvalue weighted by Crippen LogP contribution is 2.30. The van der Waals surface area contributed by atoms with Gasteiger partial charge in [0.25, 0.3) is 0 Å². The molecule has 10 heteroatoms. The van der Waals surface area contributed by atoms with E-state index >= 15 is 0 Å². The molecule has 0 spiro atoms. The fourth-order valence-electron chi connectivity index (χ4n) is 1.44. The van der Waals surface area contributed by atoms with Gasteiger partial charge in [-0.25, -0.2) is 0 Å². The van der Waals surface area contributed by atoms with Gasteiger partial charge < -0.3 is 9.67 Å². The molecule has 0 saturated carbocycles. The summed E-state index contributed by atoms with van der Waals surface area (Å²) in [5.74, 6) is -0.773. The quantitative estimate of drug-likeness (QED) is 0.740. The van der Waals surface area contributed by atoms with Gasteiger partial charge in [0, 0.05) is 18.7 Å².